The van der Waals surface area contributed by atoms with E-state index in [0.717, 1.165) is 56.3 Å². The summed E-state index contributed by atoms with van der Waals surface area (Å²) in [7, 11) is 0. The number of aromatic nitrogens is 3. The molecule has 1 N–H and O–H groups in total. The minimum Gasteiger partial charge on any atom is -0.355 e. The Balaban J connectivity index is 1.40. The smallest absolute Gasteiger partial charge is 0.181 e. The Bertz CT molecular complexity index is 639. The molecule has 128 valence electrons. The molecule has 0 radical (unpaired) electrons. The van der Waals surface area contributed by atoms with Crippen molar-refractivity contribution in [1.29, 1.82) is 0 Å². The number of hydrogen-bond donors (Lipinski definition) is 1. The van der Waals surface area contributed by atoms with E-state index < -0.39 is 0 Å². The molecule has 4 rings (SSSR count). The van der Waals surface area contributed by atoms with Gasteiger partial charge in [-0.15, -0.1) is 0 Å². The SMILES string of the molecule is c1ccc(-c2n[nH]c([C@@H]3CCCN(C[C@@H]4CCOCO4)C3)n2)cc1. The molecule has 2 aromatic rings. The molecule has 1 aromatic heterocycles. The van der Waals surface area contributed by atoms with Crippen LogP contribution in [-0.2, 0) is 9.47 Å². The number of nitrogens with one attached hydrogen (secondary N) is 1. The molecule has 2 aliphatic heterocycles. The van der Waals surface area contributed by atoms with Crippen LogP contribution in [0.4, 0.5) is 0 Å². The Morgan fingerprint density at radius 1 is 1.21 bits per heavy atom. The van der Waals surface area contributed by atoms with E-state index in [1.165, 1.54) is 6.42 Å². The number of aromatic amines is 1. The number of H-pyrrole nitrogens is 1. The molecule has 1 aromatic carbocycles. The van der Waals surface area contributed by atoms with Crippen LogP contribution in [0.25, 0.3) is 11.4 Å². The zero-order valence-electron chi connectivity index (χ0n) is 13.9. The van der Waals surface area contributed by atoms with Gasteiger partial charge in [0.25, 0.3) is 0 Å². The lowest BCUT2D eigenvalue weighted by Crippen LogP contribution is -2.42. The van der Waals surface area contributed by atoms with E-state index in [2.05, 4.69) is 15.1 Å². The zero-order chi connectivity index (χ0) is 16.2. The van der Waals surface area contributed by atoms with Crippen LogP contribution in [-0.4, -0.2) is 59.2 Å². The third-order valence-electron chi connectivity index (χ3n) is 4.86. The summed E-state index contributed by atoms with van der Waals surface area (Å²) in [6.45, 7) is 4.38. The minimum atomic E-state index is 0.298. The van der Waals surface area contributed by atoms with Crippen LogP contribution < -0.4 is 0 Å². The molecule has 0 spiro atoms. The van der Waals surface area contributed by atoms with Crippen molar-refractivity contribution in [2.75, 3.05) is 33.0 Å². The Morgan fingerprint density at radius 3 is 2.96 bits per heavy atom. The van der Waals surface area contributed by atoms with Crippen LogP contribution in [0.2, 0.25) is 0 Å². The van der Waals surface area contributed by atoms with Gasteiger partial charge in [-0.05, 0) is 25.8 Å². The molecule has 0 saturated carbocycles. The highest BCUT2D eigenvalue weighted by atomic mass is 16.7. The summed E-state index contributed by atoms with van der Waals surface area (Å²) in [5, 5.41) is 7.57. The molecule has 6 heteroatoms. The van der Waals surface area contributed by atoms with Gasteiger partial charge in [0.1, 0.15) is 12.6 Å². The molecule has 2 atom stereocenters. The molecular formula is C18H24N4O2. The molecule has 2 saturated heterocycles. The van der Waals surface area contributed by atoms with Crippen molar-refractivity contribution in [2.45, 2.75) is 31.3 Å². The van der Waals surface area contributed by atoms with Crippen LogP contribution in [0, 0.1) is 0 Å². The van der Waals surface area contributed by atoms with E-state index in [4.69, 9.17) is 14.5 Å². The zero-order valence-corrected chi connectivity index (χ0v) is 13.9. The third-order valence-corrected chi connectivity index (χ3v) is 4.86. The minimum absolute atomic E-state index is 0.298. The lowest BCUT2D eigenvalue weighted by atomic mass is 9.97. The van der Waals surface area contributed by atoms with Crippen LogP contribution >= 0.6 is 0 Å². The summed E-state index contributed by atoms with van der Waals surface area (Å²) >= 11 is 0. The summed E-state index contributed by atoms with van der Waals surface area (Å²) < 4.78 is 10.9. The maximum absolute atomic E-state index is 5.68. The first-order chi connectivity index (χ1) is 11.9. The van der Waals surface area contributed by atoms with Gasteiger partial charge in [0.2, 0.25) is 0 Å². The molecule has 6 nitrogen and oxygen atoms in total. The fraction of sp³-hybridized carbons (Fsp3) is 0.556. The fourth-order valence-corrected chi connectivity index (χ4v) is 3.55. The van der Waals surface area contributed by atoms with Crippen LogP contribution in [0.1, 0.15) is 31.0 Å². The maximum atomic E-state index is 5.68. The van der Waals surface area contributed by atoms with E-state index in [-0.39, 0.29) is 0 Å². The molecule has 24 heavy (non-hydrogen) atoms. The summed E-state index contributed by atoms with van der Waals surface area (Å²) in [6, 6.07) is 10.1. The Morgan fingerprint density at radius 2 is 2.12 bits per heavy atom. The molecule has 2 fully saturated rings. The van der Waals surface area contributed by atoms with E-state index in [0.29, 0.717) is 18.8 Å². The molecule has 0 bridgehead atoms. The Labute approximate surface area is 142 Å². The van der Waals surface area contributed by atoms with Gasteiger partial charge in [-0.25, -0.2) is 4.98 Å². The van der Waals surface area contributed by atoms with E-state index in [1.54, 1.807) is 0 Å². The molecule has 3 heterocycles. The highest BCUT2D eigenvalue weighted by Crippen LogP contribution is 2.26. The number of nitrogens with zero attached hydrogens (tertiary/aromatic N) is 3. The molecular weight excluding hydrogens is 304 g/mol. The van der Waals surface area contributed by atoms with Gasteiger partial charge in [0.15, 0.2) is 5.82 Å². The van der Waals surface area contributed by atoms with Gasteiger partial charge in [-0.1, -0.05) is 30.3 Å². The van der Waals surface area contributed by atoms with Crippen molar-refractivity contribution in [3.05, 3.63) is 36.2 Å². The monoisotopic (exact) mass is 328 g/mol. The first kappa shape index (κ1) is 15.7. The first-order valence-electron chi connectivity index (χ1n) is 8.78. The van der Waals surface area contributed by atoms with Crippen molar-refractivity contribution in [3.8, 4) is 11.4 Å². The fourth-order valence-electron chi connectivity index (χ4n) is 3.55. The predicted molar refractivity (Wildman–Crippen MR) is 90.5 cm³/mol. The average Bonchev–Trinajstić information content (AvgIpc) is 3.14. The van der Waals surface area contributed by atoms with Gasteiger partial charge in [-0.2, -0.15) is 5.10 Å². The molecule has 2 aliphatic rings. The third kappa shape index (κ3) is 3.66. The predicted octanol–water partition coefficient (Wildman–Crippen LogP) is 2.41. The van der Waals surface area contributed by atoms with Crippen molar-refractivity contribution in [3.63, 3.8) is 0 Å². The molecule has 0 aliphatic carbocycles. The van der Waals surface area contributed by atoms with Gasteiger partial charge in [0.05, 0.1) is 12.7 Å². The Kier molecular flexibility index (Phi) is 4.87. The lowest BCUT2D eigenvalue weighted by Gasteiger charge is -2.35. The van der Waals surface area contributed by atoms with Crippen LogP contribution in [0.15, 0.2) is 30.3 Å². The van der Waals surface area contributed by atoms with Gasteiger partial charge >= 0.3 is 0 Å². The average molecular weight is 328 g/mol. The Hall–Kier alpha value is -1.76. The van der Waals surface area contributed by atoms with Gasteiger partial charge < -0.3 is 14.4 Å². The summed E-state index contributed by atoms with van der Waals surface area (Å²) in [5.41, 5.74) is 1.06. The van der Waals surface area contributed by atoms with Crippen LogP contribution in [0.5, 0.6) is 0 Å². The normalized spacial score (nSPS) is 25.7. The van der Waals surface area contributed by atoms with Crippen LogP contribution in [0.3, 0.4) is 0 Å². The van der Waals surface area contributed by atoms with E-state index >= 15 is 0 Å². The molecule has 0 unspecified atom stereocenters. The number of piperidine rings is 1. The second-order valence-electron chi connectivity index (χ2n) is 6.61. The molecule has 0 amide bonds. The number of likely N-dealkylation sites (tertiary alicyclic amines) is 1. The number of benzene rings is 1. The number of rotatable bonds is 4. The van der Waals surface area contributed by atoms with Gasteiger partial charge in [-0.3, -0.25) is 5.10 Å². The van der Waals surface area contributed by atoms with Crippen molar-refractivity contribution in [1.82, 2.24) is 20.1 Å². The van der Waals surface area contributed by atoms with Crippen molar-refractivity contribution >= 4 is 0 Å². The summed E-state index contributed by atoms with van der Waals surface area (Å²) in [4.78, 5) is 7.24. The van der Waals surface area contributed by atoms with E-state index in [9.17, 15) is 0 Å². The largest absolute Gasteiger partial charge is 0.355 e. The number of ether oxygens (including phenoxy) is 2. The standard InChI is InChI=1S/C18H24N4O2/c1-2-5-14(6-3-1)17-19-18(21-20-17)15-7-4-9-22(11-15)12-16-8-10-23-13-24-16/h1-3,5-6,15-16H,4,7-13H2,(H,19,20,21)/t15-,16+/m1/s1. The van der Waals surface area contributed by atoms with Crippen molar-refractivity contribution in [2.24, 2.45) is 0 Å². The second-order valence-corrected chi connectivity index (χ2v) is 6.61. The highest BCUT2D eigenvalue weighted by Gasteiger charge is 2.26. The van der Waals surface area contributed by atoms with Crippen molar-refractivity contribution < 1.29 is 9.47 Å². The lowest BCUT2D eigenvalue weighted by molar-refractivity contribution is -0.145. The van der Waals surface area contributed by atoms with Gasteiger partial charge in [0, 0.05) is 24.6 Å². The number of hydrogen-bond acceptors (Lipinski definition) is 5. The maximum Gasteiger partial charge on any atom is 0.181 e. The second kappa shape index (κ2) is 7.42. The topological polar surface area (TPSA) is 63.3 Å². The summed E-state index contributed by atoms with van der Waals surface area (Å²) in [5.74, 6) is 2.21. The first-order valence-corrected chi connectivity index (χ1v) is 8.78. The highest BCUT2D eigenvalue weighted by molar-refractivity contribution is 5.53. The quantitative estimate of drug-likeness (QED) is 0.934. The summed E-state index contributed by atoms with van der Waals surface area (Å²) in [6.07, 6.45) is 3.64. The van der Waals surface area contributed by atoms with E-state index in [1.807, 2.05) is 30.3 Å².